The molecule has 0 radical (unpaired) electrons. The molecule has 0 unspecified atom stereocenters. The van der Waals surface area contributed by atoms with Crippen LogP contribution in [0.1, 0.15) is 32.2 Å². The minimum Gasteiger partial charge on any atom is -0.465 e. The second-order valence-corrected chi connectivity index (χ2v) is 10.1. The zero-order chi connectivity index (χ0) is 22.7. The fraction of sp³-hybridized carbons (Fsp3) is 0.542. The van der Waals surface area contributed by atoms with Gasteiger partial charge in [0.15, 0.2) is 0 Å². The third-order valence-electron chi connectivity index (χ3n) is 7.57. The van der Waals surface area contributed by atoms with Gasteiger partial charge in [-0.2, -0.15) is 5.10 Å². The van der Waals surface area contributed by atoms with Gasteiger partial charge < -0.3 is 19.5 Å². The Morgan fingerprint density at radius 2 is 1.94 bits per heavy atom. The summed E-state index contributed by atoms with van der Waals surface area (Å²) in [6.45, 7) is 5.11. The summed E-state index contributed by atoms with van der Waals surface area (Å²) in [5.41, 5.74) is 3.31. The van der Waals surface area contributed by atoms with E-state index in [1.54, 1.807) is 11.1 Å². The van der Waals surface area contributed by atoms with Gasteiger partial charge in [-0.1, -0.05) is 6.07 Å². The van der Waals surface area contributed by atoms with E-state index in [1.807, 2.05) is 36.0 Å². The predicted octanol–water partition coefficient (Wildman–Crippen LogP) is 3.16. The van der Waals surface area contributed by atoms with Crippen LogP contribution < -0.4 is 9.80 Å². The Balaban J connectivity index is 1.27. The van der Waals surface area contributed by atoms with E-state index in [4.69, 9.17) is 9.47 Å². The van der Waals surface area contributed by atoms with Crippen molar-refractivity contribution in [1.82, 2.24) is 9.78 Å². The minimum atomic E-state index is -1.01. The van der Waals surface area contributed by atoms with Gasteiger partial charge in [-0.15, -0.1) is 0 Å². The number of carboxylic acid groups (broad SMARTS) is 1. The van der Waals surface area contributed by atoms with Crippen molar-refractivity contribution in [3.63, 3.8) is 0 Å². The Morgan fingerprint density at radius 3 is 2.58 bits per heavy atom. The molecule has 33 heavy (non-hydrogen) atoms. The minimum absolute atomic E-state index is 0.0689. The molecule has 1 atom stereocenters. The molecule has 9 heteroatoms. The Morgan fingerprint density at radius 1 is 1.15 bits per heavy atom. The van der Waals surface area contributed by atoms with Crippen LogP contribution in [0.3, 0.4) is 0 Å². The Bertz CT molecular complexity index is 1100. The number of nitrogens with zero attached hydrogens (tertiary/aromatic N) is 4. The van der Waals surface area contributed by atoms with Crippen molar-refractivity contribution in [2.75, 3.05) is 42.8 Å². The lowest BCUT2D eigenvalue weighted by Crippen LogP contribution is -2.55. The number of rotatable bonds is 4. The highest BCUT2D eigenvalue weighted by atomic mass is 16.5. The maximum atomic E-state index is 13.3. The number of hydrogen-bond acceptors (Lipinski definition) is 5. The largest absolute Gasteiger partial charge is 0.465 e. The fourth-order valence-electron chi connectivity index (χ4n) is 5.71. The van der Waals surface area contributed by atoms with Crippen LogP contribution >= 0.6 is 0 Å². The molecule has 0 bridgehead atoms. The normalized spacial score (nSPS) is 24.1. The lowest BCUT2D eigenvalue weighted by molar-refractivity contribution is -0.180. The molecule has 3 fully saturated rings. The second-order valence-electron chi connectivity index (χ2n) is 10.1. The van der Waals surface area contributed by atoms with Crippen LogP contribution in [0, 0.1) is 11.3 Å². The molecule has 4 aliphatic rings. The number of ether oxygens (including phenoxy) is 2. The SMILES string of the molecule is C[C@H]1CN(C(=O)O)c2cc(-c3cnn(C4COC4)c3)ccc2N1C(=O)CC1CC2(COC2)C1. The van der Waals surface area contributed by atoms with Gasteiger partial charge in [0.1, 0.15) is 0 Å². The highest BCUT2D eigenvalue weighted by molar-refractivity contribution is 6.03. The first-order valence-corrected chi connectivity index (χ1v) is 11.6. The summed E-state index contributed by atoms with van der Waals surface area (Å²) >= 11 is 0. The van der Waals surface area contributed by atoms with Crippen LogP contribution in [0.5, 0.6) is 0 Å². The van der Waals surface area contributed by atoms with E-state index in [2.05, 4.69) is 5.10 Å². The van der Waals surface area contributed by atoms with Crippen molar-refractivity contribution in [1.29, 1.82) is 0 Å². The van der Waals surface area contributed by atoms with Crippen LogP contribution in [-0.2, 0) is 14.3 Å². The van der Waals surface area contributed by atoms with Crippen LogP contribution in [0.4, 0.5) is 16.2 Å². The summed E-state index contributed by atoms with van der Waals surface area (Å²) in [7, 11) is 0. The molecule has 1 saturated carbocycles. The number of anilines is 2. The maximum Gasteiger partial charge on any atom is 0.411 e. The summed E-state index contributed by atoms with van der Waals surface area (Å²) in [6, 6.07) is 5.70. The van der Waals surface area contributed by atoms with Gasteiger partial charge in [0.2, 0.25) is 5.91 Å². The number of aromatic nitrogens is 2. The van der Waals surface area contributed by atoms with Crippen LogP contribution in [0.15, 0.2) is 30.6 Å². The second kappa shape index (κ2) is 7.56. The van der Waals surface area contributed by atoms with Crippen LogP contribution in [0.2, 0.25) is 0 Å². The number of fused-ring (bicyclic) bond motifs is 1. The van der Waals surface area contributed by atoms with Gasteiger partial charge in [-0.25, -0.2) is 4.79 Å². The van der Waals surface area contributed by atoms with E-state index < -0.39 is 6.09 Å². The molecule has 2 amide bonds. The zero-order valence-electron chi connectivity index (χ0n) is 18.6. The van der Waals surface area contributed by atoms with E-state index in [-0.39, 0.29) is 24.5 Å². The van der Waals surface area contributed by atoms with Crippen molar-refractivity contribution in [2.24, 2.45) is 11.3 Å². The molecule has 1 N–H and O–H groups in total. The Kier molecular flexibility index (Phi) is 4.74. The first-order chi connectivity index (χ1) is 15.9. The number of carbonyl (C=O) groups is 2. The quantitative estimate of drug-likeness (QED) is 0.766. The van der Waals surface area contributed by atoms with Crippen molar-refractivity contribution < 1.29 is 24.2 Å². The predicted molar refractivity (Wildman–Crippen MR) is 120 cm³/mol. The average molecular weight is 453 g/mol. The molecule has 2 aromatic rings. The highest BCUT2D eigenvalue weighted by Crippen LogP contribution is 2.52. The molecule has 3 aliphatic heterocycles. The third-order valence-corrected chi connectivity index (χ3v) is 7.57. The number of benzene rings is 1. The fourth-order valence-corrected chi connectivity index (χ4v) is 5.71. The molecular weight excluding hydrogens is 424 g/mol. The molecule has 2 saturated heterocycles. The smallest absolute Gasteiger partial charge is 0.411 e. The average Bonchev–Trinajstić information content (AvgIpc) is 3.15. The van der Waals surface area contributed by atoms with E-state index in [9.17, 15) is 14.7 Å². The zero-order valence-corrected chi connectivity index (χ0v) is 18.6. The summed E-state index contributed by atoms with van der Waals surface area (Å²) in [6.07, 6.45) is 5.33. The summed E-state index contributed by atoms with van der Waals surface area (Å²) in [5.74, 6) is 0.453. The number of amides is 2. The van der Waals surface area contributed by atoms with Crippen LogP contribution in [-0.4, -0.2) is 65.9 Å². The maximum absolute atomic E-state index is 13.3. The van der Waals surface area contributed by atoms with Gasteiger partial charge in [-0.05, 0) is 43.4 Å². The lowest BCUT2D eigenvalue weighted by atomic mass is 9.60. The number of hydrogen-bond donors (Lipinski definition) is 1. The van der Waals surface area contributed by atoms with Crippen molar-refractivity contribution in [3.05, 3.63) is 30.6 Å². The molecule has 1 aromatic carbocycles. The van der Waals surface area contributed by atoms with E-state index in [1.165, 1.54) is 4.90 Å². The molecule has 1 aliphatic carbocycles. The Labute approximate surface area is 191 Å². The van der Waals surface area contributed by atoms with E-state index in [0.717, 1.165) is 37.2 Å². The van der Waals surface area contributed by atoms with Gasteiger partial charge in [-0.3, -0.25) is 14.4 Å². The van der Waals surface area contributed by atoms with E-state index in [0.29, 0.717) is 42.3 Å². The van der Waals surface area contributed by atoms with Gasteiger partial charge in [0.25, 0.3) is 0 Å². The molecule has 4 heterocycles. The lowest BCUT2D eigenvalue weighted by Gasteiger charge is -2.53. The first kappa shape index (κ1) is 20.7. The summed E-state index contributed by atoms with van der Waals surface area (Å²) in [4.78, 5) is 28.5. The van der Waals surface area contributed by atoms with Crippen molar-refractivity contribution in [2.45, 2.75) is 38.3 Å². The topological polar surface area (TPSA) is 97.1 Å². The molecular formula is C24H28N4O5. The Hall–Kier alpha value is -2.91. The third kappa shape index (κ3) is 3.41. The van der Waals surface area contributed by atoms with Gasteiger partial charge in [0.05, 0.1) is 56.1 Å². The van der Waals surface area contributed by atoms with E-state index >= 15 is 0 Å². The summed E-state index contributed by atoms with van der Waals surface area (Å²) < 4.78 is 12.5. The van der Waals surface area contributed by atoms with Gasteiger partial charge in [0, 0.05) is 30.1 Å². The van der Waals surface area contributed by atoms with Crippen molar-refractivity contribution >= 4 is 23.4 Å². The van der Waals surface area contributed by atoms with Crippen LogP contribution in [0.25, 0.3) is 11.1 Å². The molecule has 174 valence electrons. The first-order valence-electron chi connectivity index (χ1n) is 11.6. The number of carbonyl (C=O) groups excluding carboxylic acids is 1. The molecule has 1 aromatic heterocycles. The molecule has 9 nitrogen and oxygen atoms in total. The highest BCUT2D eigenvalue weighted by Gasteiger charge is 2.50. The summed E-state index contributed by atoms with van der Waals surface area (Å²) in [5, 5.41) is 14.3. The van der Waals surface area contributed by atoms with Crippen molar-refractivity contribution in [3.8, 4) is 11.1 Å². The monoisotopic (exact) mass is 452 g/mol. The van der Waals surface area contributed by atoms with Gasteiger partial charge >= 0.3 is 6.09 Å². The standard InChI is InChI=1S/C24H28N4O5/c1-15-9-26(23(30)31)21-5-17(18-8-25-27(10-18)19-11-32-12-19)2-3-20(21)28(15)22(29)4-16-6-24(7-16)13-33-14-24/h2-3,5,8,10,15-16,19H,4,6-7,9,11-14H2,1H3,(H,30,31)/t15-/m0/s1. The molecule has 6 rings (SSSR count). The molecule has 1 spiro atoms.